The lowest BCUT2D eigenvalue weighted by Gasteiger charge is -2.30. The van der Waals surface area contributed by atoms with Gasteiger partial charge in [0.1, 0.15) is 0 Å². The standard InChI is InChI=1S/C54H32N2S2/c1-3-15-35(16-4-1)55(37-27-29-53-47(31-37)43-23-11-13-25-51(43)57-53)49-33-45-40-20-8-10-22-42(40)50(34-46(45)39-19-7-9-21-41(39)49)56(36-17-5-2-6-18-36)38-28-30-54-48(32-38)44-24-12-14-26-52(44)58-54/h1-13,15-25,27-34H. The van der Waals surface area contributed by atoms with Crippen molar-refractivity contribution in [2.24, 2.45) is 0 Å². The Morgan fingerprint density at radius 1 is 0.310 bits per heavy atom. The summed E-state index contributed by atoms with van der Waals surface area (Å²) >= 11 is 3.63. The molecule has 0 amide bonds. The Bertz CT molecular complexity index is 3290. The number of nitrogens with zero attached hydrogens (tertiary/aromatic N) is 2. The number of anilines is 6. The fourth-order valence-corrected chi connectivity index (χ4v) is 11.0. The summed E-state index contributed by atoms with van der Waals surface area (Å²) in [7, 11) is 0. The van der Waals surface area contributed by atoms with E-state index in [1.165, 1.54) is 68.0 Å². The second-order valence-electron chi connectivity index (χ2n) is 14.7. The molecule has 0 radical (unpaired) electrons. The van der Waals surface area contributed by atoms with Crippen LogP contribution in [0, 0.1) is 12.1 Å². The molecule has 0 N–H and O–H groups in total. The summed E-state index contributed by atoms with van der Waals surface area (Å²) in [6.45, 7) is 0. The zero-order chi connectivity index (χ0) is 38.2. The minimum Gasteiger partial charge on any atom is -0.310 e. The van der Waals surface area contributed by atoms with E-state index in [-0.39, 0.29) is 0 Å². The van der Waals surface area contributed by atoms with Gasteiger partial charge in [0.15, 0.2) is 0 Å². The summed E-state index contributed by atoms with van der Waals surface area (Å²) < 4.78 is 4.99. The predicted octanol–water partition coefficient (Wildman–Crippen LogP) is 16.4. The molecule has 2 nitrogen and oxygen atoms in total. The molecule has 2 heterocycles. The van der Waals surface area contributed by atoms with Crippen molar-refractivity contribution in [3.63, 3.8) is 0 Å². The van der Waals surface area contributed by atoms with Gasteiger partial charge in [0.05, 0.1) is 16.1 Å². The van der Waals surface area contributed by atoms with Crippen LogP contribution in [0.5, 0.6) is 0 Å². The second-order valence-corrected chi connectivity index (χ2v) is 16.9. The lowest BCUT2D eigenvalue weighted by Crippen LogP contribution is -2.11. The Morgan fingerprint density at radius 3 is 1.36 bits per heavy atom. The topological polar surface area (TPSA) is 6.48 Å². The molecule has 0 spiro atoms. The summed E-state index contributed by atoms with van der Waals surface area (Å²) in [6.07, 6.45) is 0. The quantitative estimate of drug-likeness (QED) is 0.155. The molecule has 0 aliphatic heterocycles. The average molecular weight is 773 g/mol. The number of para-hydroxylation sites is 2. The Morgan fingerprint density at radius 2 is 0.776 bits per heavy atom. The molecule has 12 rings (SSSR count). The van der Waals surface area contributed by atoms with E-state index in [1.807, 2.05) is 17.4 Å². The van der Waals surface area contributed by atoms with E-state index >= 15 is 0 Å². The van der Waals surface area contributed by atoms with Gasteiger partial charge in [-0.3, -0.25) is 0 Å². The number of rotatable bonds is 6. The molecule has 0 atom stereocenters. The molecule has 4 heteroatoms. The molecular weight excluding hydrogens is 741 g/mol. The van der Waals surface area contributed by atoms with Crippen molar-refractivity contribution in [2.75, 3.05) is 9.80 Å². The van der Waals surface area contributed by atoms with E-state index < -0.39 is 0 Å². The van der Waals surface area contributed by atoms with E-state index in [1.54, 1.807) is 11.3 Å². The van der Waals surface area contributed by atoms with Gasteiger partial charge in [0.2, 0.25) is 0 Å². The molecule has 0 aliphatic carbocycles. The van der Waals surface area contributed by atoms with E-state index in [4.69, 9.17) is 0 Å². The first kappa shape index (κ1) is 33.0. The molecule has 0 aliphatic rings. The van der Waals surface area contributed by atoms with Crippen LogP contribution in [0.25, 0.3) is 72.7 Å². The minimum atomic E-state index is 1.11. The first-order valence-corrected chi connectivity index (χ1v) is 21.1. The normalized spacial score (nSPS) is 11.7. The maximum Gasteiger partial charge on any atom is 0.0857 e. The third-order valence-corrected chi connectivity index (χ3v) is 13.7. The highest BCUT2D eigenvalue weighted by Gasteiger charge is 2.23. The van der Waals surface area contributed by atoms with Gasteiger partial charge in [-0.2, -0.15) is 0 Å². The monoisotopic (exact) mass is 772 g/mol. The van der Waals surface area contributed by atoms with Crippen LogP contribution in [0.1, 0.15) is 0 Å². The molecule has 0 bridgehead atoms. The molecule has 10 aromatic carbocycles. The Balaban J connectivity index is 1.14. The van der Waals surface area contributed by atoms with Crippen molar-refractivity contribution in [1.29, 1.82) is 0 Å². The zero-order valence-electron chi connectivity index (χ0n) is 31.2. The highest BCUT2D eigenvalue weighted by Crippen LogP contribution is 2.49. The van der Waals surface area contributed by atoms with Gasteiger partial charge in [-0.05, 0) is 113 Å². The highest BCUT2D eigenvalue weighted by molar-refractivity contribution is 7.26. The van der Waals surface area contributed by atoms with Gasteiger partial charge in [0.25, 0.3) is 0 Å². The third-order valence-electron chi connectivity index (χ3n) is 11.5. The average Bonchev–Trinajstić information content (AvgIpc) is 3.85. The molecule has 0 fully saturated rings. The van der Waals surface area contributed by atoms with E-state index in [0.717, 1.165) is 38.8 Å². The van der Waals surface area contributed by atoms with Crippen LogP contribution in [0.3, 0.4) is 0 Å². The van der Waals surface area contributed by atoms with Crippen LogP contribution in [0.15, 0.2) is 194 Å². The van der Waals surface area contributed by atoms with Crippen molar-refractivity contribution in [3.8, 4) is 0 Å². The highest BCUT2D eigenvalue weighted by atomic mass is 32.1. The predicted molar refractivity (Wildman–Crippen MR) is 252 cm³/mol. The molecule has 2 aromatic heterocycles. The maximum absolute atomic E-state index is 3.34. The summed E-state index contributed by atoms with van der Waals surface area (Å²) in [6, 6.07) is 77.5. The summed E-state index contributed by atoms with van der Waals surface area (Å²) in [4.78, 5) is 4.88. The number of thiophene rings is 2. The zero-order valence-corrected chi connectivity index (χ0v) is 32.8. The Hall–Kier alpha value is -7.16. The van der Waals surface area contributed by atoms with Crippen LogP contribution >= 0.6 is 22.7 Å². The lowest BCUT2D eigenvalue weighted by molar-refractivity contribution is 1.30. The van der Waals surface area contributed by atoms with Gasteiger partial charge in [0, 0.05) is 69.2 Å². The Labute approximate surface area is 343 Å². The van der Waals surface area contributed by atoms with Crippen molar-refractivity contribution >= 4 is 129 Å². The van der Waals surface area contributed by atoms with Gasteiger partial charge in [-0.25, -0.2) is 0 Å². The lowest BCUT2D eigenvalue weighted by atomic mass is 9.93. The summed E-state index contributed by atoms with van der Waals surface area (Å²) in [5, 5.41) is 12.3. The molecule has 0 unspecified atom stereocenters. The number of hydrogen-bond acceptors (Lipinski definition) is 4. The molecule has 0 saturated heterocycles. The van der Waals surface area contributed by atoms with Gasteiger partial charge in [-0.15, -0.1) is 22.7 Å². The SMILES string of the molecule is c1ccc2c(c#1)sc1ccc(N(c3ccccc3)c3cc4c5ccccc5c(N(c5ccccc5)c5ccc6sc7ccccc7c6c5)cc4c4ccccc34)cc12. The summed E-state index contributed by atoms with van der Waals surface area (Å²) in [5.41, 5.74) is 6.76. The summed E-state index contributed by atoms with van der Waals surface area (Å²) in [5.74, 6) is 0. The minimum absolute atomic E-state index is 1.11. The van der Waals surface area contributed by atoms with Crippen LogP contribution in [-0.2, 0) is 0 Å². The molecular formula is C54H32N2S2. The van der Waals surface area contributed by atoms with Crippen LogP contribution in [0.4, 0.5) is 34.1 Å². The fourth-order valence-electron chi connectivity index (χ4n) is 8.88. The molecule has 58 heavy (non-hydrogen) atoms. The van der Waals surface area contributed by atoms with E-state index in [9.17, 15) is 0 Å². The van der Waals surface area contributed by atoms with Crippen LogP contribution < -0.4 is 9.80 Å². The van der Waals surface area contributed by atoms with Crippen LogP contribution in [0.2, 0.25) is 0 Å². The molecule has 270 valence electrons. The van der Waals surface area contributed by atoms with Gasteiger partial charge < -0.3 is 9.80 Å². The van der Waals surface area contributed by atoms with Crippen LogP contribution in [-0.4, -0.2) is 0 Å². The van der Waals surface area contributed by atoms with E-state index in [2.05, 4.69) is 210 Å². The van der Waals surface area contributed by atoms with Crippen molar-refractivity contribution in [3.05, 3.63) is 206 Å². The first-order valence-electron chi connectivity index (χ1n) is 19.5. The largest absolute Gasteiger partial charge is 0.310 e. The van der Waals surface area contributed by atoms with Gasteiger partial charge >= 0.3 is 0 Å². The first-order chi connectivity index (χ1) is 28.8. The molecule has 0 saturated carbocycles. The second kappa shape index (κ2) is 13.2. The van der Waals surface area contributed by atoms with Gasteiger partial charge in [-0.1, -0.05) is 115 Å². The maximum atomic E-state index is 3.34. The molecule has 12 aromatic rings. The number of benzene rings is 9. The fraction of sp³-hybridized carbons (Fsp3) is 0. The smallest absolute Gasteiger partial charge is 0.0857 e. The number of hydrogen-bond donors (Lipinski definition) is 0. The van der Waals surface area contributed by atoms with Crippen molar-refractivity contribution < 1.29 is 0 Å². The number of fused-ring (bicyclic) bond motifs is 11. The van der Waals surface area contributed by atoms with Crippen molar-refractivity contribution in [2.45, 2.75) is 0 Å². The van der Waals surface area contributed by atoms with E-state index in [0.29, 0.717) is 0 Å². The van der Waals surface area contributed by atoms with Crippen molar-refractivity contribution in [1.82, 2.24) is 0 Å². The third kappa shape index (κ3) is 5.18. The Kier molecular flexibility index (Phi) is 7.53.